The van der Waals surface area contributed by atoms with Crippen molar-refractivity contribution in [1.82, 2.24) is 10.1 Å². The lowest BCUT2D eigenvalue weighted by atomic mass is 9.77. The molecule has 1 aliphatic rings. The summed E-state index contributed by atoms with van der Waals surface area (Å²) in [5.74, 6) is -0.0459. The zero-order chi connectivity index (χ0) is 19.7. The summed E-state index contributed by atoms with van der Waals surface area (Å²) in [6.45, 7) is 1.45. The fourth-order valence-electron chi connectivity index (χ4n) is 3.40. The van der Waals surface area contributed by atoms with Gasteiger partial charge in [0.2, 0.25) is 11.7 Å². The maximum Gasteiger partial charge on any atom is 0.329 e. The Morgan fingerprint density at radius 1 is 1.21 bits per heavy atom. The molecule has 28 heavy (non-hydrogen) atoms. The number of hydrogen-bond donors (Lipinski definition) is 1. The molecule has 1 aromatic heterocycles. The van der Waals surface area contributed by atoms with E-state index in [1.165, 1.54) is 6.07 Å². The average Bonchev–Trinajstić information content (AvgIpc) is 3.07. The molecular weight excluding hydrogens is 363 g/mol. The van der Waals surface area contributed by atoms with E-state index in [0.29, 0.717) is 28.8 Å². The van der Waals surface area contributed by atoms with Crippen LogP contribution in [0.1, 0.15) is 30.2 Å². The number of aliphatic carboxylic acids is 1. The van der Waals surface area contributed by atoms with E-state index < -0.39 is 5.97 Å². The summed E-state index contributed by atoms with van der Waals surface area (Å²) < 4.78 is 24.7. The normalized spacial score (nSPS) is 18.6. The Morgan fingerprint density at radius 2 is 1.93 bits per heavy atom. The van der Waals surface area contributed by atoms with Crippen molar-refractivity contribution >= 4 is 5.97 Å². The number of ether oxygens (including phenoxy) is 1. The van der Waals surface area contributed by atoms with Crippen LogP contribution >= 0.6 is 0 Å². The van der Waals surface area contributed by atoms with E-state index in [1.54, 1.807) is 19.1 Å². The Hall–Kier alpha value is -3.06. The number of carbonyl (C=O) groups is 1. The summed E-state index contributed by atoms with van der Waals surface area (Å²) in [4.78, 5) is 14.7. The maximum atomic E-state index is 14.4. The van der Waals surface area contributed by atoms with E-state index in [-0.39, 0.29) is 18.5 Å². The quantitative estimate of drug-likeness (QED) is 0.688. The summed E-state index contributed by atoms with van der Waals surface area (Å²) in [6.07, 6.45) is 1.59. The highest BCUT2D eigenvalue weighted by molar-refractivity contribution is 5.71. The highest BCUT2D eigenvalue weighted by Gasteiger charge is 2.31. The minimum absolute atomic E-state index is 0.00619. The first-order valence-corrected chi connectivity index (χ1v) is 9.03. The molecule has 0 spiro atoms. The molecule has 144 valence electrons. The number of carboxylic acids is 1. The van der Waals surface area contributed by atoms with Gasteiger partial charge in [-0.05, 0) is 48.1 Å². The van der Waals surface area contributed by atoms with E-state index in [0.717, 1.165) is 24.0 Å². The third kappa shape index (κ3) is 3.80. The fourth-order valence-corrected chi connectivity index (χ4v) is 3.40. The van der Waals surface area contributed by atoms with Crippen LogP contribution in [0.25, 0.3) is 22.5 Å². The van der Waals surface area contributed by atoms with Crippen molar-refractivity contribution in [2.75, 3.05) is 6.61 Å². The Bertz CT molecular complexity index is 994. The van der Waals surface area contributed by atoms with Crippen LogP contribution in [-0.4, -0.2) is 33.9 Å². The largest absolute Gasteiger partial charge is 0.480 e. The summed E-state index contributed by atoms with van der Waals surface area (Å²) in [6, 6.07) is 12.5. The SMILES string of the molecule is Cc1nc(-c2ccc(F)c(-c3ccc(C4CC(OCC(=O)O)C4)cc3)c2)no1. The minimum atomic E-state index is -0.951. The number of aromatic nitrogens is 2. The second-order valence-corrected chi connectivity index (χ2v) is 6.95. The summed E-state index contributed by atoms with van der Waals surface area (Å²) in [5, 5.41) is 12.5. The number of carboxylic acid groups (broad SMARTS) is 1. The number of benzene rings is 2. The van der Waals surface area contributed by atoms with Crippen molar-refractivity contribution in [3.8, 4) is 22.5 Å². The first kappa shape index (κ1) is 18.3. The molecule has 1 heterocycles. The summed E-state index contributed by atoms with van der Waals surface area (Å²) >= 11 is 0. The van der Waals surface area contributed by atoms with Gasteiger partial charge in [0.05, 0.1) is 6.10 Å². The third-order valence-corrected chi connectivity index (χ3v) is 4.98. The molecule has 1 fully saturated rings. The van der Waals surface area contributed by atoms with Crippen molar-refractivity contribution < 1.29 is 23.6 Å². The van der Waals surface area contributed by atoms with Gasteiger partial charge in [-0.15, -0.1) is 0 Å². The van der Waals surface area contributed by atoms with Crippen molar-refractivity contribution in [2.45, 2.75) is 31.8 Å². The predicted molar refractivity (Wildman–Crippen MR) is 99.2 cm³/mol. The van der Waals surface area contributed by atoms with E-state index in [4.69, 9.17) is 14.4 Å². The number of nitrogens with zero attached hydrogens (tertiary/aromatic N) is 2. The van der Waals surface area contributed by atoms with E-state index in [1.807, 2.05) is 24.3 Å². The van der Waals surface area contributed by atoms with Gasteiger partial charge >= 0.3 is 5.97 Å². The van der Waals surface area contributed by atoms with E-state index >= 15 is 0 Å². The number of hydrogen-bond acceptors (Lipinski definition) is 5. The fraction of sp³-hybridized carbons (Fsp3) is 0.286. The smallest absolute Gasteiger partial charge is 0.329 e. The van der Waals surface area contributed by atoms with Crippen LogP contribution in [0.15, 0.2) is 47.0 Å². The van der Waals surface area contributed by atoms with Crippen LogP contribution in [0, 0.1) is 12.7 Å². The van der Waals surface area contributed by atoms with Crippen LogP contribution in [0.5, 0.6) is 0 Å². The molecule has 1 saturated carbocycles. The Labute approximate surface area is 161 Å². The molecule has 2 aromatic carbocycles. The van der Waals surface area contributed by atoms with E-state index in [2.05, 4.69) is 10.1 Å². The molecule has 7 heteroatoms. The molecule has 1 N–H and O–H groups in total. The van der Waals surface area contributed by atoms with Gasteiger partial charge in [0.15, 0.2) is 0 Å². The first-order valence-electron chi connectivity index (χ1n) is 9.03. The van der Waals surface area contributed by atoms with Crippen molar-refractivity contribution in [3.63, 3.8) is 0 Å². The predicted octanol–water partition coefficient (Wildman–Crippen LogP) is 4.20. The van der Waals surface area contributed by atoms with Crippen LogP contribution in [-0.2, 0) is 9.53 Å². The number of rotatable bonds is 6. The number of halogens is 1. The van der Waals surface area contributed by atoms with Crippen LogP contribution in [0.3, 0.4) is 0 Å². The second kappa shape index (κ2) is 7.52. The van der Waals surface area contributed by atoms with Crippen molar-refractivity contribution in [1.29, 1.82) is 0 Å². The average molecular weight is 382 g/mol. The van der Waals surface area contributed by atoms with Gasteiger partial charge in [-0.1, -0.05) is 29.4 Å². The highest BCUT2D eigenvalue weighted by Crippen LogP contribution is 2.39. The topological polar surface area (TPSA) is 85.5 Å². The Balaban J connectivity index is 1.48. The molecule has 3 aromatic rings. The van der Waals surface area contributed by atoms with Crippen molar-refractivity contribution in [2.24, 2.45) is 0 Å². The summed E-state index contributed by atoms with van der Waals surface area (Å²) in [5.41, 5.74) is 3.07. The Kier molecular flexibility index (Phi) is 4.92. The molecule has 0 saturated heterocycles. The molecule has 4 rings (SSSR count). The molecule has 0 amide bonds. The van der Waals surface area contributed by atoms with Gasteiger partial charge in [0, 0.05) is 18.1 Å². The van der Waals surface area contributed by atoms with Gasteiger partial charge in [-0.25, -0.2) is 9.18 Å². The lowest BCUT2D eigenvalue weighted by Gasteiger charge is -2.35. The van der Waals surface area contributed by atoms with Gasteiger partial charge in [0.1, 0.15) is 12.4 Å². The Morgan fingerprint density at radius 3 is 2.57 bits per heavy atom. The van der Waals surface area contributed by atoms with E-state index in [9.17, 15) is 9.18 Å². The van der Waals surface area contributed by atoms with Crippen LogP contribution in [0.4, 0.5) is 4.39 Å². The highest BCUT2D eigenvalue weighted by atomic mass is 19.1. The zero-order valence-corrected chi connectivity index (χ0v) is 15.3. The lowest BCUT2D eigenvalue weighted by Crippen LogP contribution is -2.31. The zero-order valence-electron chi connectivity index (χ0n) is 15.3. The molecule has 0 radical (unpaired) electrons. The molecule has 0 atom stereocenters. The molecule has 0 unspecified atom stereocenters. The monoisotopic (exact) mass is 382 g/mol. The molecule has 0 aliphatic heterocycles. The minimum Gasteiger partial charge on any atom is -0.480 e. The third-order valence-electron chi connectivity index (χ3n) is 4.98. The van der Waals surface area contributed by atoms with Gasteiger partial charge in [0.25, 0.3) is 0 Å². The van der Waals surface area contributed by atoms with Gasteiger partial charge in [-0.3, -0.25) is 0 Å². The molecule has 0 bridgehead atoms. The van der Waals surface area contributed by atoms with Crippen LogP contribution < -0.4 is 0 Å². The molecule has 6 nitrogen and oxygen atoms in total. The van der Waals surface area contributed by atoms with Crippen molar-refractivity contribution in [3.05, 3.63) is 59.7 Å². The molecule has 1 aliphatic carbocycles. The standard InChI is InChI=1S/C21H19FN2O4/c1-12-23-21(24-28-12)15-6-7-19(22)18(10-15)14-4-2-13(3-5-14)16-8-17(9-16)27-11-20(25)26/h2-7,10,16-17H,8-9,11H2,1H3,(H,25,26). The summed E-state index contributed by atoms with van der Waals surface area (Å²) in [7, 11) is 0. The van der Waals surface area contributed by atoms with Gasteiger partial charge < -0.3 is 14.4 Å². The van der Waals surface area contributed by atoms with Crippen LogP contribution in [0.2, 0.25) is 0 Å². The molecular formula is C21H19FN2O4. The van der Waals surface area contributed by atoms with Gasteiger partial charge in [-0.2, -0.15) is 4.98 Å². The lowest BCUT2D eigenvalue weighted by molar-refractivity contribution is -0.146. The first-order chi connectivity index (χ1) is 13.5. The second-order valence-electron chi connectivity index (χ2n) is 6.95. The maximum absolute atomic E-state index is 14.4. The number of aryl methyl sites for hydroxylation is 1.